The van der Waals surface area contributed by atoms with E-state index < -0.39 is 17.9 Å². The van der Waals surface area contributed by atoms with E-state index in [9.17, 15) is 14.4 Å². The van der Waals surface area contributed by atoms with Crippen molar-refractivity contribution in [2.75, 3.05) is 21.3 Å². The molecular formula is C22H25N3O6. The molecule has 1 saturated heterocycles. The minimum Gasteiger partial charge on any atom is -0.493 e. The standard InChI is InChI=1S/C22H25N3O6/c1-29-17-11-15(12-18(30-2)20(17)31-3)21(27)23-24-22(28)16-9-10-19(26)25(16)13-14-7-5-4-6-8-14/h4-8,11-12,16H,9-10,13H2,1-3H3,(H,23,27)(H,24,28)/t16-/m0/s1. The van der Waals surface area contributed by atoms with Crippen molar-refractivity contribution in [1.82, 2.24) is 15.8 Å². The van der Waals surface area contributed by atoms with Crippen molar-refractivity contribution in [2.24, 2.45) is 0 Å². The van der Waals surface area contributed by atoms with Crippen LogP contribution in [0.25, 0.3) is 0 Å². The Morgan fingerprint density at radius 2 is 1.65 bits per heavy atom. The maximum atomic E-state index is 12.7. The molecule has 2 aromatic rings. The van der Waals surface area contributed by atoms with Crippen LogP contribution in [0.3, 0.4) is 0 Å². The zero-order valence-corrected chi connectivity index (χ0v) is 17.6. The lowest BCUT2D eigenvalue weighted by Crippen LogP contribution is -2.50. The number of hydrazine groups is 1. The lowest BCUT2D eigenvalue weighted by molar-refractivity contribution is -0.136. The third-order valence-electron chi connectivity index (χ3n) is 5.05. The summed E-state index contributed by atoms with van der Waals surface area (Å²) in [5.74, 6) is -0.136. The van der Waals surface area contributed by atoms with E-state index in [0.717, 1.165) is 5.56 Å². The fourth-order valence-electron chi connectivity index (χ4n) is 3.47. The summed E-state index contributed by atoms with van der Waals surface area (Å²) in [7, 11) is 4.35. The highest BCUT2D eigenvalue weighted by molar-refractivity contribution is 5.98. The second-order valence-electron chi connectivity index (χ2n) is 6.92. The Labute approximate surface area is 180 Å². The van der Waals surface area contributed by atoms with Crippen LogP contribution in [0.5, 0.6) is 17.2 Å². The number of nitrogens with zero attached hydrogens (tertiary/aromatic N) is 1. The van der Waals surface area contributed by atoms with Gasteiger partial charge in [-0.15, -0.1) is 0 Å². The molecule has 1 atom stereocenters. The van der Waals surface area contributed by atoms with Gasteiger partial charge in [-0.1, -0.05) is 30.3 Å². The summed E-state index contributed by atoms with van der Waals surface area (Å²) in [5, 5.41) is 0. The fourth-order valence-corrected chi connectivity index (χ4v) is 3.47. The van der Waals surface area contributed by atoms with E-state index in [-0.39, 0.29) is 17.9 Å². The van der Waals surface area contributed by atoms with Crippen LogP contribution in [0.4, 0.5) is 0 Å². The fraction of sp³-hybridized carbons (Fsp3) is 0.318. The SMILES string of the molecule is COc1cc(C(=O)NNC(=O)[C@@H]2CCC(=O)N2Cc2ccccc2)cc(OC)c1OC. The molecule has 3 amide bonds. The molecule has 0 aromatic heterocycles. The maximum absolute atomic E-state index is 12.7. The monoisotopic (exact) mass is 427 g/mol. The number of hydrogen-bond donors (Lipinski definition) is 2. The van der Waals surface area contributed by atoms with Gasteiger partial charge in [-0.25, -0.2) is 0 Å². The van der Waals surface area contributed by atoms with Gasteiger partial charge in [0.25, 0.3) is 11.8 Å². The largest absolute Gasteiger partial charge is 0.493 e. The smallest absolute Gasteiger partial charge is 0.269 e. The molecule has 2 aromatic carbocycles. The molecule has 1 heterocycles. The van der Waals surface area contributed by atoms with Crippen LogP contribution in [-0.4, -0.2) is 50.0 Å². The van der Waals surface area contributed by atoms with Crippen molar-refractivity contribution in [1.29, 1.82) is 0 Å². The summed E-state index contributed by atoms with van der Waals surface area (Å²) in [5.41, 5.74) is 5.94. The van der Waals surface area contributed by atoms with E-state index in [1.54, 1.807) is 0 Å². The van der Waals surface area contributed by atoms with Crippen molar-refractivity contribution in [3.8, 4) is 17.2 Å². The molecule has 0 aliphatic carbocycles. The third kappa shape index (κ3) is 4.88. The average Bonchev–Trinajstić information content (AvgIpc) is 3.16. The van der Waals surface area contributed by atoms with Gasteiger partial charge in [0.2, 0.25) is 11.7 Å². The first-order valence-electron chi connectivity index (χ1n) is 9.72. The number of likely N-dealkylation sites (tertiary alicyclic amines) is 1. The lowest BCUT2D eigenvalue weighted by Gasteiger charge is -2.24. The first-order chi connectivity index (χ1) is 15.0. The van der Waals surface area contributed by atoms with Crippen LogP contribution in [0.15, 0.2) is 42.5 Å². The van der Waals surface area contributed by atoms with Crippen LogP contribution < -0.4 is 25.1 Å². The zero-order valence-electron chi connectivity index (χ0n) is 17.6. The minimum absolute atomic E-state index is 0.0973. The second-order valence-corrected chi connectivity index (χ2v) is 6.92. The molecule has 9 nitrogen and oxygen atoms in total. The van der Waals surface area contributed by atoms with Crippen LogP contribution in [0.1, 0.15) is 28.8 Å². The summed E-state index contributed by atoms with van der Waals surface area (Å²) >= 11 is 0. The molecule has 1 aliphatic heterocycles. The maximum Gasteiger partial charge on any atom is 0.269 e. The van der Waals surface area contributed by atoms with Crippen molar-refractivity contribution in [2.45, 2.75) is 25.4 Å². The number of nitrogens with one attached hydrogen (secondary N) is 2. The Kier molecular flexibility index (Phi) is 6.96. The van der Waals surface area contributed by atoms with E-state index in [2.05, 4.69) is 10.9 Å². The van der Waals surface area contributed by atoms with Crippen molar-refractivity contribution < 1.29 is 28.6 Å². The molecule has 164 valence electrons. The molecule has 9 heteroatoms. The number of benzene rings is 2. The number of hydrogen-bond acceptors (Lipinski definition) is 6. The van der Waals surface area contributed by atoms with E-state index in [4.69, 9.17) is 14.2 Å². The Hall–Kier alpha value is -3.75. The predicted molar refractivity (Wildman–Crippen MR) is 112 cm³/mol. The molecule has 0 radical (unpaired) electrons. The summed E-state index contributed by atoms with van der Waals surface area (Å²) in [6, 6.07) is 11.7. The summed E-state index contributed by atoms with van der Waals surface area (Å²) < 4.78 is 15.7. The molecule has 1 aliphatic rings. The molecular weight excluding hydrogens is 402 g/mol. The summed E-state index contributed by atoms with van der Waals surface area (Å²) in [6.07, 6.45) is 0.670. The molecule has 1 fully saturated rings. The van der Waals surface area contributed by atoms with Crippen LogP contribution in [0, 0.1) is 0 Å². The van der Waals surface area contributed by atoms with E-state index >= 15 is 0 Å². The van der Waals surface area contributed by atoms with Gasteiger partial charge in [-0.2, -0.15) is 0 Å². The van der Waals surface area contributed by atoms with Gasteiger partial charge in [-0.05, 0) is 24.1 Å². The molecule has 0 unspecified atom stereocenters. The van der Waals surface area contributed by atoms with Gasteiger partial charge in [-0.3, -0.25) is 25.2 Å². The summed E-state index contributed by atoms with van der Waals surface area (Å²) in [4.78, 5) is 39.1. The van der Waals surface area contributed by atoms with Gasteiger partial charge in [0, 0.05) is 18.5 Å². The normalized spacial score (nSPS) is 15.4. The molecule has 0 saturated carbocycles. The first-order valence-corrected chi connectivity index (χ1v) is 9.72. The third-order valence-corrected chi connectivity index (χ3v) is 5.05. The van der Waals surface area contributed by atoms with E-state index in [0.29, 0.717) is 30.2 Å². The van der Waals surface area contributed by atoms with Crippen molar-refractivity contribution in [3.05, 3.63) is 53.6 Å². The molecule has 2 N–H and O–H groups in total. The van der Waals surface area contributed by atoms with Gasteiger partial charge < -0.3 is 19.1 Å². The number of amides is 3. The van der Waals surface area contributed by atoms with Crippen LogP contribution in [-0.2, 0) is 16.1 Å². The minimum atomic E-state index is -0.659. The average molecular weight is 427 g/mol. The first kappa shape index (κ1) is 21.9. The number of rotatable bonds is 7. The van der Waals surface area contributed by atoms with Crippen molar-refractivity contribution >= 4 is 17.7 Å². The van der Waals surface area contributed by atoms with Gasteiger partial charge in [0.1, 0.15) is 6.04 Å². The molecule has 3 rings (SSSR count). The van der Waals surface area contributed by atoms with Gasteiger partial charge in [0.05, 0.1) is 21.3 Å². The topological polar surface area (TPSA) is 106 Å². The predicted octanol–water partition coefficient (Wildman–Crippen LogP) is 1.66. The Bertz CT molecular complexity index is 938. The highest BCUT2D eigenvalue weighted by Gasteiger charge is 2.36. The van der Waals surface area contributed by atoms with Crippen molar-refractivity contribution in [3.63, 3.8) is 0 Å². The van der Waals surface area contributed by atoms with Gasteiger partial charge in [0.15, 0.2) is 11.5 Å². The number of carbonyl (C=O) groups excluding carboxylic acids is 3. The Morgan fingerprint density at radius 3 is 2.23 bits per heavy atom. The Morgan fingerprint density at radius 1 is 1.00 bits per heavy atom. The molecule has 31 heavy (non-hydrogen) atoms. The quantitative estimate of drug-likeness (QED) is 0.651. The highest BCUT2D eigenvalue weighted by atomic mass is 16.5. The number of methoxy groups -OCH3 is 3. The number of carbonyl (C=O) groups is 3. The highest BCUT2D eigenvalue weighted by Crippen LogP contribution is 2.38. The van der Waals surface area contributed by atoms with Gasteiger partial charge >= 0.3 is 0 Å². The molecule has 0 spiro atoms. The number of ether oxygens (including phenoxy) is 3. The summed E-state index contributed by atoms with van der Waals surface area (Å²) in [6.45, 7) is 0.332. The lowest BCUT2D eigenvalue weighted by atomic mass is 10.1. The van der Waals surface area contributed by atoms with Crippen LogP contribution in [0.2, 0.25) is 0 Å². The second kappa shape index (κ2) is 9.84. The van der Waals surface area contributed by atoms with Crippen LogP contribution >= 0.6 is 0 Å². The zero-order chi connectivity index (χ0) is 22.4. The Balaban J connectivity index is 1.67. The van der Waals surface area contributed by atoms with E-state index in [1.165, 1.54) is 38.4 Å². The van der Waals surface area contributed by atoms with E-state index in [1.807, 2.05) is 30.3 Å². The molecule has 0 bridgehead atoms.